The molecule has 2 aromatic carbocycles. The number of benzene rings is 2. The Kier molecular flexibility index (Phi) is 5.26. The van der Waals surface area contributed by atoms with Crippen LogP contribution in [-0.2, 0) is 24.3 Å². The lowest BCUT2D eigenvalue weighted by Crippen LogP contribution is -2.52. The first-order chi connectivity index (χ1) is 16.0. The van der Waals surface area contributed by atoms with Gasteiger partial charge in [-0.2, -0.15) is 0 Å². The SMILES string of the molecule is CN(Cc1nc2ccccc2c(=O)[nH]1)C(=O)[C@@H]1Cc2ccccc2CN1C(=O)c1ccco1. The number of nitrogens with one attached hydrogen (secondary N) is 1. The first-order valence-corrected chi connectivity index (χ1v) is 10.7. The molecule has 2 amide bonds. The van der Waals surface area contributed by atoms with E-state index in [-0.39, 0.29) is 29.7 Å². The number of hydrogen-bond acceptors (Lipinski definition) is 5. The minimum atomic E-state index is -0.699. The predicted molar refractivity (Wildman–Crippen MR) is 121 cm³/mol. The number of amides is 2. The second kappa shape index (κ2) is 8.38. The van der Waals surface area contributed by atoms with Crippen LogP contribution in [0.1, 0.15) is 27.5 Å². The van der Waals surface area contributed by atoms with Gasteiger partial charge in [-0.05, 0) is 35.4 Å². The molecule has 0 spiro atoms. The summed E-state index contributed by atoms with van der Waals surface area (Å²) < 4.78 is 5.31. The summed E-state index contributed by atoms with van der Waals surface area (Å²) >= 11 is 0. The van der Waals surface area contributed by atoms with Crippen molar-refractivity contribution in [3.8, 4) is 0 Å². The van der Waals surface area contributed by atoms with E-state index >= 15 is 0 Å². The Bertz CT molecular complexity index is 1390. The molecule has 166 valence electrons. The molecule has 8 heteroatoms. The van der Waals surface area contributed by atoms with Gasteiger partial charge in [0, 0.05) is 20.0 Å². The van der Waals surface area contributed by atoms with E-state index in [1.54, 1.807) is 42.3 Å². The molecule has 0 fully saturated rings. The summed E-state index contributed by atoms with van der Waals surface area (Å²) in [6.45, 7) is 0.421. The highest BCUT2D eigenvalue weighted by molar-refractivity contribution is 5.96. The van der Waals surface area contributed by atoms with E-state index in [2.05, 4.69) is 9.97 Å². The van der Waals surface area contributed by atoms with E-state index in [4.69, 9.17) is 4.42 Å². The minimum Gasteiger partial charge on any atom is -0.459 e. The number of likely N-dealkylation sites (N-methyl/N-ethyl adjacent to an activating group) is 1. The summed E-state index contributed by atoms with van der Waals surface area (Å²) in [5, 5.41) is 0.495. The molecule has 1 atom stereocenters. The molecule has 1 N–H and O–H groups in total. The summed E-state index contributed by atoms with van der Waals surface area (Å²) in [5.74, 6) is 0.00346. The van der Waals surface area contributed by atoms with Crippen molar-refractivity contribution in [2.45, 2.75) is 25.6 Å². The number of para-hydroxylation sites is 1. The number of fused-ring (bicyclic) bond motifs is 2. The fraction of sp³-hybridized carbons (Fsp3) is 0.200. The van der Waals surface area contributed by atoms with Gasteiger partial charge in [-0.15, -0.1) is 0 Å². The number of rotatable bonds is 4. The Morgan fingerprint density at radius 2 is 1.85 bits per heavy atom. The van der Waals surface area contributed by atoms with Gasteiger partial charge in [-0.1, -0.05) is 36.4 Å². The van der Waals surface area contributed by atoms with E-state index in [1.165, 1.54) is 11.2 Å². The molecule has 0 radical (unpaired) electrons. The number of carbonyl (C=O) groups is 2. The van der Waals surface area contributed by atoms with Crippen LogP contribution in [0.3, 0.4) is 0 Å². The van der Waals surface area contributed by atoms with E-state index in [9.17, 15) is 14.4 Å². The number of aromatic amines is 1. The van der Waals surface area contributed by atoms with Crippen molar-refractivity contribution in [3.63, 3.8) is 0 Å². The van der Waals surface area contributed by atoms with Crippen LogP contribution in [0.25, 0.3) is 10.9 Å². The number of carbonyl (C=O) groups excluding carboxylic acids is 2. The van der Waals surface area contributed by atoms with Crippen LogP contribution >= 0.6 is 0 Å². The molecule has 3 heterocycles. The van der Waals surface area contributed by atoms with Gasteiger partial charge in [0.25, 0.3) is 11.5 Å². The fourth-order valence-corrected chi connectivity index (χ4v) is 4.27. The third kappa shape index (κ3) is 3.91. The van der Waals surface area contributed by atoms with Crippen LogP contribution in [0.15, 0.2) is 76.1 Å². The van der Waals surface area contributed by atoms with Gasteiger partial charge in [0.1, 0.15) is 11.9 Å². The average Bonchev–Trinajstić information content (AvgIpc) is 3.37. The largest absolute Gasteiger partial charge is 0.459 e. The van der Waals surface area contributed by atoms with E-state index < -0.39 is 6.04 Å². The first-order valence-electron chi connectivity index (χ1n) is 10.7. The zero-order valence-electron chi connectivity index (χ0n) is 18.0. The van der Waals surface area contributed by atoms with Crippen molar-refractivity contribution in [1.82, 2.24) is 19.8 Å². The Morgan fingerprint density at radius 1 is 1.09 bits per heavy atom. The molecule has 0 saturated carbocycles. The number of hydrogen-bond donors (Lipinski definition) is 1. The molecule has 0 bridgehead atoms. The maximum absolute atomic E-state index is 13.5. The highest BCUT2D eigenvalue weighted by Gasteiger charge is 2.37. The van der Waals surface area contributed by atoms with Crippen molar-refractivity contribution < 1.29 is 14.0 Å². The van der Waals surface area contributed by atoms with E-state index in [0.717, 1.165) is 11.1 Å². The molecule has 1 aliphatic heterocycles. The molecule has 4 aromatic rings. The Balaban J connectivity index is 1.43. The van der Waals surface area contributed by atoms with Gasteiger partial charge in [0.15, 0.2) is 5.76 Å². The molecule has 5 rings (SSSR count). The quantitative estimate of drug-likeness (QED) is 0.524. The Morgan fingerprint density at radius 3 is 2.64 bits per heavy atom. The minimum absolute atomic E-state index is 0.111. The van der Waals surface area contributed by atoms with Crippen molar-refractivity contribution in [1.29, 1.82) is 0 Å². The molecule has 0 unspecified atom stereocenters. The lowest BCUT2D eigenvalue weighted by Gasteiger charge is -2.37. The normalized spacial score (nSPS) is 15.3. The fourth-order valence-electron chi connectivity index (χ4n) is 4.27. The van der Waals surface area contributed by atoms with E-state index in [0.29, 0.717) is 29.7 Å². The number of H-pyrrole nitrogens is 1. The van der Waals surface area contributed by atoms with Crippen molar-refractivity contribution in [3.05, 3.63) is 100.0 Å². The lowest BCUT2D eigenvalue weighted by atomic mass is 9.93. The maximum Gasteiger partial charge on any atom is 0.290 e. The van der Waals surface area contributed by atoms with Crippen LogP contribution in [-0.4, -0.2) is 44.7 Å². The van der Waals surface area contributed by atoms with Crippen molar-refractivity contribution in [2.75, 3.05) is 7.05 Å². The zero-order valence-corrected chi connectivity index (χ0v) is 18.0. The highest BCUT2D eigenvalue weighted by Crippen LogP contribution is 2.26. The summed E-state index contributed by atoms with van der Waals surface area (Å²) in [7, 11) is 1.65. The van der Waals surface area contributed by atoms with Gasteiger partial charge in [0.2, 0.25) is 5.91 Å². The number of nitrogens with zero attached hydrogens (tertiary/aromatic N) is 3. The maximum atomic E-state index is 13.5. The molecule has 33 heavy (non-hydrogen) atoms. The van der Waals surface area contributed by atoms with Crippen molar-refractivity contribution in [2.24, 2.45) is 0 Å². The van der Waals surface area contributed by atoms with Crippen LogP contribution in [0.4, 0.5) is 0 Å². The summed E-state index contributed by atoms with van der Waals surface area (Å²) in [6, 6.07) is 17.4. The molecule has 8 nitrogen and oxygen atoms in total. The molecule has 0 aliphatic carbocycles. The molecular weight excluding hydrogens is 420 g/mol. The van der Waals surface area contributed by atoms with Gasteiger partial charge in [-0.25, -0.2) is 4.98 Å². The monoisotopic (exact) mass is 442 g/mol. The summed E-state index contributed by atoms with van der Waals surface area (Å²) in [6.07, 6.45) is 1.84. The molecule has 0 saturated heterocycles. The van der Waals surface area contributed by atoms with Crippen LogP contribution < -0.4 is 5.56 Å². The average molecular weight is 442 g/mol. The third-order valence-electron chi connectivity index (χ3n) is 5.95. The summed E-state index contributed by atoms with van der Waals surface area (Å²) in [5.41, 5.74) is 2.35. The number of furan rings is 1. The van der Waals surface area contributed by atoms with Gasteiger partial charge >= 0.3 is 0 Å². The van der Waals surface area contributed by atoms with E-state index in [1.807, 2.05) is 30.3 Å². The Labute approximate surface area is 189 Å². The first kappa shape index (κ1) is 20.7. The predicted octanol–water partition coefficient (Wildman–Crippen LogP) is 2.74. The van der Waals surface area contributed by atoms with Gasteiger partial charge in [-0.3, -0.25) is 14.4 Å². The van der Waals surface area contributed by atoms with Crippen LogP contribution in [0.2, 0.25) is 0 Å². The number of aromatic nitrogens is 2. The van der Waals surface area contributed by atoms with Gasteiger partial charge < -0.3 is 19.2 Å². The molecule has 1 aliphatic rings. The second-order valence-corrected chi connectivity index (χ2v) is 8.12. The van der Waals surface area contributed by atoms with Crippen LogP contribution in [0, 0.1) is 0 Å². The zero-order chi connectivity index (χ0) is 22.9. The summed E-state index contributed by atoms with van der Waals surface area (Å²) in [4.78, 5) is 49.4. The van der Waals surface area contributed by atoms with Crippen molar-refractivity contribution >= 4 is 22.7 Å². The molecular formula is C25H22N4O4. The third-order valence-corrected chi connectivity index (χ3v) is 5.95. The smallest absolute Gasteiger partial charge is 0.290 e. The highest BCUT2D eigenvalue weighted by atomic mass is 16.3. The lowest BCUT2D eigenvalue weighted by molar-refractivity contribution is -0.136. The second-order valence-electron chi connectivity index (χ2n) is 8.12. The Hall–Kier alpha value is -4.20. The standard InChI is InChI=1S/C25H22N4O4/c1-28(15-22-26-19-10-5-4-9-18(19)23(30)27-22)24(31)20-13-16-7-2-3-8-17(16)14-29(20)25(32)21-11-6-12-33-21/h2-12,20H,13-15H2,1H3,(H,26,27,30)/t20-/m0/s1. The molecule has 2 aromatic heterocycles. The van der Waals surface area contributed by atoms with Gasteiger partial charge in [0.05, 0.1) is 23.7 Å². The topological polar surface area (TPSA) is 99.5 Å². The van der Waals surface area contributed by atoms with Crippen LogP contribution in [0.5, 0.6) is 0 Å².